The number of nitrogens with zero attached hydrogens (tertiary/aromatic N) is 1. The van der Waals surface area contributed by atoms with Crippen LogP contribution in [0, 0.1) is 11.8 Å². The van der Waals surface area contributed by atoms with Gasteiger partial charge in [-0.25, -0.2) is 4.79 Å². The van der Waals surface area contributed by atoms with Crippen molar-refractivity contribution in [3.63, 3.8) is 0 Å². The fraction of sp³-hybridized carbons (Fsp3) is 0.800. The number of carbonyl (C=O) groups excluding carboxylic acids is 1. The molecular weight excluding hydrogens is 274 g/mol. The highest BCUT2D eigenvalue weighted by Crippen LogP contribution is 2.16. The van der Waals surface area contributed by atoms with E-state index in [4.69, 9.17) is 5.11 Å². The molecule has 21 heavy (non-hydrogen) atoms. The van der Waals surface area contributed by atoms with E-state index in [1.807, 2.05) is 20.8 Å². The highest BCUT2D eigenvalue weighted by molar-refractivity contribution is 5.84. The Morgan fingerprint density at radius 2 is 1.62 bits per heavy atom. The molecule has 6 heteroatoms. The molecule has 122 valence electrons. The minimum Gasteiger partial charge on any atom is -0.481 e. The monoisotopic (exact) mass is 301 g/mol. The number of hydrogen-bond donors (Lipinski definition) is 2. The van der Waals surface area contributed by atoms with Crippen LogP contribution in [0.2, 0.25) is 0 Å². The van der Waals surface area contributed by atoms with E-state index in [1.54, 1.807) is 0 Å². The Kier molecular flexibility index (Phi) is 8.66. The van der Waals surface area contributed by atoms with Crippen molar-refractivity contribution >= 4 is 17.8 Å². The molecule has 0 rings (SSSR count). The van der Waals surface area contributed by atoms with Crippen LogP contribution in [-0.4, -0.2) is 45.5 Å². The molecule has 0 aromatic heterocycles. The number of rotatable bonds is 10. The summed E-state index contributed by atoms with van der Waals surface area (Å²) in [5, 5.41) is 18.4. The van der Waals surface area contributed by atoms with Gasteiger partial charge in [-0.05, 0) is 12.3 Å². The summed E-state index contributed by atoms with van der Waals surface area (Å²) in [4.78, 5) is 36.0. The molecule has 0 aliphatic carbocycles. The molecule has 0 aliphatic heterocycles. The molecule has 0 heterocycles. The van der Waals surface area contributed by atoms with E-state index in [1.165, 1.54) is 11.8 Å². The molecular formula is C15H27NO5. The van der Waals surface area contributed by atoms with Gasteiger partial charge < -0.3 is 15.1 Å². The van der Waals surface area contributed by atoms with Gasteiger partial charge in [0.05, 0.1) is 5.92 Å². The molecule has 0 aromatic rings. The van der Waals surface area contributed by atoms with Crippen LogP contribution in [0.3, 0.4) is 0 Å². The fourth-order valence-electron chi connectivity index (χ4n) is 2.05. The third kappa shape index (κ3) is 7.11. The van der Waals surface area contributed by atoms with E-state index in [-0.39, 0.29) is 24.8 Å². The van der Waals surface area contributed by atoms with Crippen molar-refractivity contribution < 1.29 is 24.6 Å². The fourth-order valence-corrected chi connectivity index (χ4v) is 2.05. The number of carboxylic acid groups (broad SMARTS) is 2. The molecule has 0 bridgehead atoms. The molecule has 0 radical (unpaired) electrons. The predicted molar refractivity (Wildman–Crippen MR) is 78.9 cm³/mol. The van der Waals surface area contributed by atoms with Crippen molar-refractivity contribution in [2.45, 2.75) is 59.4 Å². The van der Waals surface area contributed by atoms with Gasteiger partial charge >= 0.3 is 11.9 Å². The molecule has 1 amide bonds. The maximum atomic E-state index is 12.3. The van der Waals surface area contributed by atoms with Gasteiger partial charge in [-0.3, -0.25) is 9.59 Å². The summed E-state index contributed by atoms with van der Waals surface area (Å²) >= 11 is 0. The minimum atomic E-state index is -1.07. The molecule has 0 aromatic carbocycles. The number of carbonyl (C=O) groups is 3. The van der Waals surface area contributed by atoms with Crippen molar-refractivity contribution in [3.8, 4) is 0 Å². The normalized spacial score (nSPS) is 13.8. The van der Waals surface area contributed by atoms with E-state index in [2.05, 4.69) is 0 Å². The van der Waals surface area contributed by atoms with E-state index < -0.39 is 23.9 Å². The van der Waals surface area contributed by atoms with Crippen molar-refractivity contribution in [1.82, 2.24) is 4.90 Å². The second-order valence-electron chi connectivity index (χ2n) is 5.88. The van der Waals surface area contributed by atoms with Gasteiger partial charge in [-0.15, -0.1) is 0 Å². The van der Waals surface area contributed by atoms with Gasteiger partial charge in [-0.2, -0.15) is 0 Å². The van der Waals surface area contributed by atoms with Crippen LogP contribution in [0.1, 0.15) is 53.4 Å². The molecule has 0 spiro atoms. The van der Waals surface area contributed by atoms with Crippen LogP contribution in [-0.2, 0) is 14.4 Å². The summed E-state index contributed by atoms with van der Waals surface area (Å²) in [6.45, 7) is 7.11. The lowest BCUT2D eigenvalue weighted by Crippen LogP contribution is -2.48. The molecule has 0 fully saturated rings. The largest absolute Gasteiger partial charge is 0.481 e. The summed E-state index contributed by atoms with van der Waals surface area (Å²) in [6.07, 6.45) is 2.08. The maximum absolute atomic E-state index is 12.3. The van der Waals surface area contributed by atoms with Crippen molar-refractivity contribution in [3.05, 3.63) is 0 Å². The van der Waals surface area contributed by atoms with Gasteiger partial charge in [0, 0.05) is 13.0 Å². The lowest BCUT2D eigenvalue weighted by atomic mass is 10.0. The number of carboxylic acids is 2. The number of hydrogen-bond acceptors (Lipinski definition) is 3. The number of amides is 1. The van der Waals surface area contributed by atoms with Crippen LogP contribution in [0.4, 0.5) is 0 Å². The summed E-state index contributed by atoms with van der Waals surface area (Å²) < 4.78 is 0. The van der Waals surface area contributed by atoms with Gasteiger partial charge in [0.25, 0.3) is 0 Å². The van der Waals surface area contributed by atoms with Gasteiger partial charge in [-0.1, -0.05) is 40.5 Å². The average Bonchev–Trinajstić information content (AvgIpc) is 2.35. The Morgan fingerprint density at radius 1 is 1.05 bits per heavy atom. The zero-order valence-electron chi connectivity index (χ0n) is 13.3. The summed E-state index contributed by atoms with van der Waals surface area (Å²) in [5.41, 5.74) is 0. The summed E-state index contributed by atoms with van der Waals surface area (Å²) in [5.74, 6) is -3.08. The van der Waals surface area contributed by atoms with Crippen molar-refractivity contribution in [2.75, 3.05) is 6.54 Å². The Balaban J connectivity index is 5.17. The third-order valence-electron chi connectivity index (χ3n) is 3.29. The Labute approximate surface area is 126 Å². The van der Waals surface area contributed by atoms with Crippen LogP contribution in [0.25, 0.3) is 0 Å². The zero-order chi connectivity index (χ0) is 16.6. The van der Waals surface area contributed by atoms with Crippen LogP contribution >= 0.6 is 0 Å². The first-order chi connectivity index (χ1) is 9.70. The van der Waals surface area contributed by atoms with E-state index in [0.717, 1.165) is 6.42 Å². The quantitative estimate of drug-likeness (QED) is 0.645. The Hall–Kier alpha value is -1.59. The number of unbranched alkanes of at least 4 members (excludes halogenated alkanes) is 1. The van der Waals surface area contributed by atoms with Crippen molar-refractivity contribution in [1.29, 1.82) is 0 Å². The van der Waals surface area contributed by atoms with Crippen LogP contribution in [0.15, 0.2) is 0 Å². The molecule has 2 atom stereocenters. The lowest BCUT2D eigenvalue weighted by molar-refractivity contribution is -0.153. The molecule has 2 N–H and O–H groups in total. The zero-order valence-corrected chi connectivity index (χ0v) is 13.3. The average molecular weight is 301 g/mol. The number of aliphatic carboxylic acids is 2. The van der Waals surface area contributed by atoms with E-state index >= 15 is 0 Å². The Bertz CT molecular complexity index is 367. The second-order valence-corrected chi connectivity index (χ2v) is 5.88. The van der Waals surface area contributed by atoms with E-state index in [9.17, 15) is 19.5 Å². The molecule has 0 aliphatic rings. The first kappa shape index (κ1) is 19.4. The minimum absolute atomic E-state index is 0.0679. The van der Waals surface area contributed by atoms with Gasteiger partial charge in [0.1, 0.15) is 6.04 Å². The first-order valence-corrected chi connectivity index (χ1v) is 7.45. The molecule has 0 saturated heterocycles. The van der Waals surface area contributed by atoms with Crippen LogP contribution < -0.4 is 0 Å². The van der Waals surface area contributed by atoms with Gasteiger partial charge in [0.15, 0.2) is 0 Å². The SMILES string of the molecule is CCCCC(C(=O)O)N(CC(C)C(=O)O)C(=O)CC(C)C. The van der Waals surface area contributed by atoms with Gasteiger partial charge in [0.2, 0.25) is 5.91 Å². The second kappa shape index (κ2) is 9.37. The smallest absolute Gasteiger partial charge is 0.326 e. The predicted octanol–water partition coefficient (Wildman–Crippen LogP) is 2.23. The molecule has 2 unspecified atom stereocenters. The Morgan fingerprint density at radius 3 is 2.00 bits per heavy atom. The molecule has 6 nitrogen and oxygen atoms in total. The first-order valence-electron chi connectivity index (χ1n) is 7.45. The third-order valence-corrected chi connectivity index (χ3v) is 3.29. The van der Waals surface area contributed by atoms with Crippen molar-refractivity contribution in [2.24, 2.45) is 11.8 Å². The van der Waals surface area contributed by atoms with E-state index in [0.29, 0.717) is 12.8 Å². The standard InChI is InChI=1S/C15H27NO5/c1-5-6-7-12(15(20)21)16(9-11(4)14(18)19)13(17)8-10(2)3/h10-12H,5-9H2,1-4H3,(H,18,19)(H,20,21). The highest BCUT2D eigenvalue weighted by atomic mass is 16.4. The summed E-state index contributed by atoms with van der Waals surface area (Å²) in [7, 11) is 0. The maximum Gasteiger partial charge on any atom is 0.326 e. The topological polar surface area (TPSA) is 94.9 Å². The summed E-state index contributed by atoms with van der Waals surface area (Å²) in [6, 6.07) is -0.946. The highest BCUT2D eigenvalue weighted by Gasteiger charge is 2.31. The lowest BCUT2D eigenvalue weighted by Gasteiger charge is -2.31. The van der Waals surface area contributed by atoms with Crippen LogP contribution in [0.5, 0.6) is 0 Å². The molecule has 0 saturated carbocycles.